The molecule has 0 aliphatic rings. The van der Waals surface area contributed by atoms with Gasteiger partial charge in [0.15, 0.2) is 0 Å². The van der Waals surface area contributed by atoms with Crippen molar-refractivity contribution < 1.29 is 17.6 Å². The van der Waals surface area contributed by atoms with Crippen molar-refractivity contribution in [3.8, 4) is 0 Å². The molecule has 3 aromatic carbocycles. The highest BCUT2D eigenvalue weighted by Crippen LogP contribution is 2.19. The number of benzene rings is 3. The molecule has 0 aromatic heterocycles. The zero-order valence-electron chi connectivity index (χ0n) is 17.4. The first kappa shape index (κ1) is 23.7. The molecule has 0 unspecified atom stereocenters. The molecule has 0 saturated heterocycles. The van der Waals surface area contributed by atoms with Crippen LogP contribution in [0.5, 0.6) is 0 Å². The van der Waals surface area contributed by atoms with Crippen molar-refractivity contribution >= 4 is 39.0 Å². The van der Waals surface area contributed by atoms with E-state index in [0.29, 0.717) is 22.8 Å². The number of urea groups is 1. The van der Waals surface area contributed by atoms with Crippen LogP contribution in [0.25, 0.3) is 0 Å². The van der Waals surface area contributed by atoms with Crippen LogP contribution in [0.1, 0.15) is 12.0 Å². The second kappa shape index (κ2) is 10.6. The Kier molecular flexibility index (Phi) is 7.84. The number of nitrogens with zero attached hydrogens (tertiary/aromatic N) is 1. The van der Waals surface area contributed by atoms with Gasteiger partial charge in [0.1, 0.15) is 5.82 Å². The van der Waals surface area contributed by atoms with Gasteiger partial charge in [-0.1, -0.05) is 35.4 Å². The second-order valence-corrected chi connectivity index (χ2v) is 9.34. The summed E-state index contributed by atoms with van der Waals surface area (Å²) < 4.78 is 40.8. The lowest BCUT2D eigenvalue weighted by molar-refractivity contribution is 0.257. The van der Waals surface area contributed by atoms with Crippen LogP contribution in [0.15, 0.2) is 77.7 Å². The number of aryl methyl sites for hydroxylation is 1. The molecule has 9 heteroatoms. The fourth-order valence-corrected chi connectivity index (χ4v) is 4.23. The standard InChI is InChI=1S/C23H23ClFN3O3S/c1-17-6-12-22(13-7-17)32(30,31)26-14-3-15-28(21-10-8-19(25)9-11-21)23(29)27-20-5-2-4-18(24)16-20/h2,4-13,16,26H,3,14-15H2,1H3,(H,27,29). The van der Waals surface area contributed by atoms with Crippen LogP contribution in [-0.2, 0) is 10.0 Å². The maximum atomic E-state index is 13.4. The average molecular weight is 476 g/mol. The first-order valence-corrected chi connectivity index (χ1v) is 11.8. The van der Waals surface area contributed by atoms with Crippen molar-refractivity contribution in [2.24, 2.45) is 0 Å². The van der Waals surface area contributed by atoms with Gasteiger partial charge in [0.2, 0.25) is 10.0 Å². The van der Waals surface area contributed by atoms with E-state index in [1.807, 2.05) is 6.92 Å². The number of amides is 2. The molecule has 0 aliphatic heterocycles. The fraction of sp³-hybridized carbons (Fsp3) is 0.174. The molecule has 0 radical (unpaired) electrons. The maximum absolute atomic E-state index is 13.4. The third kappa shape index (κ3) is 6.53. The van der Waals surface area contributed by atoms with Gasteiger partial charge in [0, 0.05) is 29.5 Å². The molecule has 32 heavy (non-hydrogen) atoms. The molecule has 2 N–H and O–H groups in total. The summed E-state index contributed by atoms with van der Waals surface area (Å²) in [5.41, 5.74) is 1.95. The normalized spacial score (nSPS) is 11.2. The molecule has 3 rings (SSSR count). The smallest absolute Gasteiger partial charge is 0.307 e. The number of carbonyl (C=O) groups is 1. The largest absolute Gasteiger partial charge is 0.326 e. The van der Waals surface area contributed by atoms with E-state index in [2.05, 4.69) is 10.0 Å². The first-order valence-electron chi connectivity index (χ1n) is 9.90. The van der Waals surface area contributed by atoms with Gasteiger partial charge in [0.25, 0.3) is 0 Å². The highest BCUT2D eigenvalue weighted by atomic mass is 35.5. The molecule has 0 fully saturated rings. The zero-order chi connectivity index (χ0) is 23.1. The molecule has 0 heterocycles. The number of hydrogen-bond donors (Lipinski definition) is 2. The summed E-state index contributed by atoms with van der Waals surface area (Å²) in [7, 11) is -3.65. The summed E-state index contributed by atoms with van der Waals surface area (Å²) in [4.78, 5) is 14.5. The molecular weight excluding hydrogens is 453 g/mol. The predicted molar refractivity (Wildman–Crippen MR) is 125 cm³/mol. The van der Waals surface area contributed by atoms with Crippen molar-refractivity contribution in [1.29, 1.82) is 0 Å². The Morgan fingerprint density at radius 2 is 1.72 bits per heavy atom. The molecular formula is C23H23ClFN3O3S. The molecule has 0 saturated carbocycles. The summed E-state index contributed by atoms with van der Waals surface area (Å²) >= 11 is 5.97. The van der Waals surface area contributed by atoms with Gasteiger partial charge in [-0.05, 0) is 67.9 Å². The predicted octanol–water partition coefficient (Wildman–Crippen LogP) is 5.19. The minimum atomic E-state index is -3.65. The second-order valence-electron chi connectivity index (χ2n) is 7.13. The van der Waals surface area contributed by atoms with Crippen molar-refractivity contribution in [2.45, 2.75) is 18.2 Å². The Bertz CT molecular complexity index is 1170. The Hall–Kier alpha value is -2.94. The molecule has 168 valence electrons. The van der Waals surface area contributed by atoms with Gasteiger partial charge in [-0.25, -0.2) is 22.3 Å². The van der Waals surface area contributed by atoms with E-state index in [4.69, 9.17) is 11.6 Å². The minimum absolute atomic E-state index is 0.123. The summed E-state index contributed by atoms with van der Waals surface area (Å²) in [6, 6.07) is 18.3. The lowest BCUT2D eigenvalue weighted by Crippen LogP contribution is -2.37. The zero-order valence-corrected chi connectivity index (χ0v) is 19.0. The Morgan fingerprint density at radius 1 is 1.03 bits per heavy atom. The van der Waals surface area contributed by atoms with E-state index in [1.165, 1.54) is 29.2 Å². The number of carbonyl (C=O) groups excluding carboxylic acids is 1. The van der Waals surface area contributed by atoms with Crippen molar-refractivity contribution in [3.63, 3.8) is 0 Å². The van der Waals surface area contributed by atoms with Gasteiger partial charge in [-0.2, -0.15) is 0 Å². The summed E-state index contributed by atoms with van der Waals surface area (Å²) in [5, 5.41) is 3.23. The summed E-state index contributed by atoms with van der Waals surface area (Å²) in [6.07, 6.45) is 0.339. The Morgan fingerprint density at radius 3 is 2.38 bits per heavy atom. The average Bonchev–Trinajstić information content (AvgIpc) is 2.75. The van der Waals surface area contributed by atoms with Gasteiger partial charge in [0.05, 0.1) is 4.90 Å². The van der Waals surface area contributed by atoms with Gasteiger partial charge < -0.3 is 5.32 Å². The summed E-state index contributed by atoms with van der Waals surface area (Å²) in [5.74, 6) is -0.421. The quantitative estimate of drug-likeness (QED) is 0.440. The molecule has 0 atom stereocenters. The molecule has 3 aromatic rings. The van der Waals surface area contributed by atoms with Crippen LogP contribution < -0.4 is 14.9 Å². The number of sulfonamides is 1. The fourth-order valence-electron chi connectivity index (χ4n) is 2.97. The van der Waals surface area contributed by atoms with Crippen molar-refractivity contribution in [3.05, 3.63) is 89.2 Å². The van der Waals surface area contributed by atoms with Crippen LogP contribution in [-0.4, -0.2) is 27.5 Å². The van der Waals surface area contributed by atoms with Crippen LogP contribution in [0.4, 0.5) is 20.6 Å². The molecule has 0 bridgehead atoms. The van der Waals surface area contributed by atoms with Crippen LogP contribution >= 0.6 is 11.6 Å². The summed E-state index contributed by atoms with van der Waals surface area (Å²) in [6.45, 7) is 2.20. The van der Waals surface area contributed by atoms with E-state index in [1.54, 1.807) is 48.5 Å². The van der Waals surface area contributed by atoms with Gasteiger partial charge >= 0.3 is 6.03 Å². The molecule has 2 amide bonds. The number of hydrogen-bond acceptors (Lipinski definition) is 3. The minimum Gasteiger partial charge on any atom is -0.307 e. The Labute approximate surface area is 192 Å². The van der Waals surface area contributed by atoms with E-state index >= 15 is 0 Å². The lowest BCUT2D eigenvalue weighted by atomic mass is 10.2. The van der Waals surface area contributed by atoms with E-state index in [-0.39, 0.29) is 18.0 Å². The van der Waals surface area contributed by atoms with Crippen molar-refractivity contribution in [2.75, 3.05) is 23.3 Å². The third-order valence-corrected chi connectivity index (χ3v) is 6.35. The molecule has 0 aliphatic carbocycles. The van der Waals surface area contributed by atoms with E-state index < -0.39 is 21.9 Å². The number of rotatable bonds is 8. The van der Waals surface area contributed by atoms with Crippen LogP contribution in [0, 0.1) is 12.7 Å². The van der Waals surface area contributed by atoms with Crippen LogP contribution in [0.3, 0.4) is 0 Å². The monoisotopic (exact) mass is 475 g/mol. The first-order chi connectivity index (χ1) is 15.2. The molecule has 0 spiro atoms. The lowest BCUT2D eigenvalue weighted by Gasteiger charge is -2.23. The van der Waals surface area contributed by atoms with E-state index in [9.17, 15) is 17.6 Å². The topological polar surface area (TPSA) is 78.5 Å². The molecule has 6 nitrogen and oxygen atoms in total. The van der Waals surface area contributed by atoms with Crippen molar-refractivity contribution in [1.82, 2.24) is 4.72 Å². The van der Waals surface area contributed by atoms with Gasteiger partial charge in [-0.15, -0.1) is 0 Å². The number of nitrogens with one attached hydrogen (secondary N) is 2. The van der Waals surface area contributed by atoms with E-state index in [0.717, 1.165) is 5.56 Å². The SMILES string of the molecule is Cc1ccc(S(=O)(=O)NCCCN(C(=O)Nc2cccc(Cl)c2)c2ccc(F)cc2)cc1. The Balaban J connectivity index is 1.66. The number of anilines is 2. The number of halogens is 2. The highest BCUT2D eigenvalue weighted by molar-refractivity contribution is 7.89. The third-order valence-electron chi connectivity index (χ3n) is 4.64. The van der Waals surface area contributed by atoms with Gasteiger partial charge in [-0.3, -0.25) is 4.90 Å². The highest BCUT2D eigenvalue weighted by Gasteiger charge is 2.18. The maximum Gasteiger partial charge on any atom is 0.326 e. The van der Waals surface area contributed by atoms with Crippen LogP contribution in [0.2, 0.25) is 5.02 Å².